The molecule has 1 aliphatic carbocycles. The van der Waals surface area contributed by atoms with E-state index in [2.05, 4.69) is 16.5 Å². The number of nitrogens with one attached hydrogen (secondary N) is 1. The van der Waals surface area contributed by atoms with Gasteiger partial charge in [-0.05, 0) is 49.4 Å². The van der Waals surface area contributed by atoms with E-state index in [0.717, 1.165) is 24.1 Å². The molecule has 25 heavy (non-hydrogen) atoms. The number of nitrogens with zero attached hydrogens (tertiary/aromatic N) is 2. The highest BCUT2D eigenvalue weighted by molar-refractivity contribution is 5.85. The van der Waals surface area contributed by atoms with Crippen molar-refractivity contribution >= 4 is 11.9 Å². The van der Waals surface area contributed by atoms with E-state index >= 15 is 0 Å². The zero-order valence-electron chi connectivity index (χ0n) is 13.9. The summed E-state index contributed by atoms with van der Waals surface area (Å²) in [5, 5.41) is 15.9. The van der Waals surface area contributed by atoms with Crippen LogP contribution in [0.15, 0.2) is 48.2 Å². The van der Waals surface area contributed by atoms with Crippen molar-refractivity contribution in [1.29, 1.82) is 0 Å². The average molecular weight is 339 g/mol. The van der Waals surface area contributed by atoms with Gasteiger partial charge in [0.2, 0.25) is 5.91 Å². The quantitative estimate of drug-likeness (QED) is 0.792. The summed E-state index contributed by atoms with van der Waals surface area (Å²) in [4.78, 5) is 23.0. The number of aromatic nitrogens is 2. The molecule has 1 heterocycles. The van der Waals surface area contributed by atoms with Crippen LogP contribution in [0.1, 0.15) is 48.2 Å². The van der Waals surface area contributed by atoms with E-state index in [4.69, 9.17) is 5.11 Å². The first-order chi connectivity index (χ1) is 12.1. The Morgan fingerprint density at radius 2 is 2.12 bits per heavy atom. The van der Waals surface area contributed by atoms with Gasteiger partial charge in [0, 0.05) is 19.2 Å². The summed E-state index contributed by atoms with van der Waals surface area (Å²) in [6, 6.07) is 8.97. The number of carbonyl (C=O) groups excluding carboxylic acids is 1. The highest BCUT2D eigenvalue weighted by Gasteiger charge is 2.10. The Balaban J connectivity index is 1.60. The zero-order valence-corrected chi connectivity index (χ0v) is 13.9. The molecule has 130 valence electrons. The van der Waals surface area contributed by atoms with E-state index in [0.29, 0.717) is 13.0 Å². The molecule has 0 radical (unpaired) electrons. The van der Waals surface area contributed by atoms with Crippen LogP contribution < -0.4 is 5.32 Å². The summed E-state index contributed by atoms with van der Waals surface area (Å²) in [6.45, 7) is 0.438. The van der Waals surface area contributed by atoms with Crippen molar-refractivity contribution in [3.63, 3.8) is 0 Å². The summed E-state index contributed by atoms with van der Waals surface area (Å²) in [6.07, 6.45) is 8.75. The molecule has 0 saturated carbocycles. The van der Waals surface area contributed by atoms with Crippen LogP contribution in [0.3, 0.4) is 0 Å². The molecule has 1 amide bonds. The Labute approximate surface area is 146 Å². The maximum atomic E-state index is 12.1. The molecule has 0 aliphatic heterocycles. The zero-order chi connectivity index (χ0) is 17.6. The van der Waals surface area contributed by atoms with Crippen LogP contribution in [0, 0.1) is 0 Å². The van der Waals surface area contributed by atoms with Crippen LogP contribution in [0.2, 0.25) is 0 Å². The summed E-state index contributed by atoms with van der Waals surface area (Å²) in [7, 11) is 0. The number of carboxylic acids is 1. The lowest BCUT2D eigenvalue weighted by atomic mass is 9.97. The Hall–Kier alpha value is -2.89. The van der Waals surface area contributed by atoms with Gasteiger partial charge in [-0.25, -0.2) is 9.48 Å². The monoisotopic (exact) mass is 339 g/mol. The molecular weight excluding hydrogens is 318 g/mol. The van der Waals surface area contributed by atoms with E-state index in [1.165, 1.54) is 29.2 Å². The van der Waals surface area contributed by atoms with Gasteiger partial charge in [0.25, 0.3) is 0 Å². The van der Waals surface area contributed by atoms with Gasteiger partial charge in [0.1, 0.15) is 0 Å². The Bertz CT molecular complexity index is 808. The van der Waals surface area contributed by atoms with Crippen LogP contribution in [0.5, 0.6) is 0 Å². The number of aromatic carboxylic acids is 1. The van der Waals surface area contributed by atoms with Crippen molar-refractivity contribution in [2.75, 3.05) is 0 Å². The second-order valence-corrected chi connectivity index (χ2v) is 6.18. The van der Waals surface area contributed by atoms with Crippen LogP contribution in [0.25, 0.3) is 5.69 Å². The Morgan fingerprint density at radius 3 is 2.84 bits per heavy atom. The lowest BCUT2D eigenvalue weighted by Gasteiger charge is -2.13. The fraction of sp³-hybridized carbons (Fsp3) is 0.316. The molecule has 0 fully saturated rings. The van der Waals surface area contributed by atoms with Gasteiger partial charge >= 0.3 is 5.97 Å². The molecule has 2 aromatic rings. The van der Waals surface area contributed by atoms with Crippen LogP contribution in [-0.4, -0.2) is 26.8 Å². The first-order valence-corrected chi connectivity index (χ1v) is 8.45. The fourth-order valence-electron chi connectivity index (χ4n) is 2.93. The van der Waals surface area contributed by atoms with Crippen LogP contribution in [-0.2, 0) is 11.3 Å². The third-order valence-electron chi connectivity index (χ3n) is 4.25. The second kappa shape index (κ2) is 7.79. The minimum Gasteiger partial charge on any atom is -0.476 e. The van der Waals surface area contributed by atoms with Crippen molar-refractivity contribution in [1.82, 2.24) is 15.1 Å². The van der Waals surface area contributed by atoms with Crippen molar-refractivity contribution in [3.05, 3.63) is 59.4 Å². The maximum Gasteiger partial charge on any atom is 0.356 e. The molecule has 1 aromatic carbocycles. The second-order valence-electron chi connectivity index (χ2n) is 6.18. The third-order valence-corrected chi connectivity index (χ3v) is 4.25. The van der Waals surface area contributed by atoms with E-state index < -0.39 is 5.97 Å². The van der Waals surface area contributed by atoms with E-state index in [1.54, 1.807) is 6.20 Å². The van der Waals surface area contributed by atoms with Crippen LogP contribution >= 0.6 is 0 Å². The van der Waals surface area contributed by atoms with Gasteiger partial charge < -0.3 is 10.4 Å². The van der Waals surface area contributed by atoms with Gasteiger partial charge in [0.15, 0.2) is 5.69 Å². The molecule has 6 nitrogen and oxygen atoms in total. The van der Waals surface area contributed by atoms with E-state index in [-0.39, 0.29) is 11.6 Å². The van der Waals surface area contributed by atoms with Gasteiger partial charge in [0.05, 0.1) is 5.69 Å². The topological polar surface area (TPSA) is 84.2 Å². The lowest BCUT2D eigenvalue weighted by Crippen LogP contribution is -2.23. The minimum atomic E-state index is -1.06. The standard InChI is InChI=1S/C19H21N3O3/c23-18(12-14-5-2-1-3-6-14)20-13-15-7-4-8-16(11-15)22-10-9-17(21-22)19(24)25/h4-5,7-11H,1-3,6,12-13H2,(H,20,23)(H,24,25). The molecule has 0 unspecified atom stereocenters. The number of carboxylic acid groups (broad SMARTS) is 1. The number of hydrogen-bond acceptors (Lipinski definition) is 3. The van der Waals surface area contributed by atoms with E-state index in [9.17, 15) is 9.59 Å². The number of carbonyl (C=O) groups is 2. The predicted octanol–water partition coefficient (Wildman–Crippen LogP) is 3.08. The van der Waals surface area contributed by atoms with Crippen molar-refractivity contribution in [2.45, 2.75) is 38.6 Å². The molecular formula is C19H21N3O3. The molecule has 3 rings (SSSR count). The highest BCUT2D eigenvalue weighted by atomic mass is 16.4. The molecule has 1 aromatic heterocycles. The van der Waals surface area contributed by atoms with Gasteiger partial charge in [-0.3, -0.25) is 4.79 Å². The van der Waals surface area contributed by atoms with Gasteiger partial charge in [-0.15, -0.1) is 0 Å². The molecule has 0 saturated heterocycles. The fourth-order valence-corrected chi connectivity index (χ4v) is 2.93. The van der Waals surface area contributed by atoms with Gasteiger partial charge in [-0.1, -0.05) is 23.8 Å². The lowest BCUT2D eigenvalue weighted by molar-refractivity contribution is -0.120. The number of hydrogen-bond donors (Lipinski definition) is 2. The van der Waals surface area contributed by atoms with Crippen molar-refractivity contribution in [3.8, 4) is 5.69 Å². The molecule has 0 atom stereocenters. The van der Waals surface area contributed by atoms with Gasteiger partial charge in [-0.2, -0.15) is 5.10 Å². The molecule has 6 heteroatoms. The van der Waals surface area contributed by atoms with Crippen LogP contribution in [0.4, 0.5) is 0 Å². The number of rotatable bonds is 6. The Kier molecular flexibility index (Phi) is 5.28. The number of allylic oxidation sites excluding steroid dienone is 1. The molecule has 0 spiro atoms. The SMILES string of the molecule is O=C(CC1=CCCCC1)NCc1cccc(-n2ccc(C(=O)O)n2)c1. The van der Waals surface area contributed by atoms with E-state index in [1.807, 2.05) is 24.3 Å². The number of amides is 1. The number of benzene rings is 1. The summed E-state index contributed by atoms with van der Waals surface area (Å²) < 4.78 is 1.52. The summed E-state index contributed by atoms with van der Waals surface area (Å²) in [5.74, 6) is -1.02. The third kappa shape index (κ3) is 4.56. The smallest absolute Gasteiger partial charge is 0.356 e. The summed E-state index contributed by atoms with van der Waals surface area (Å²) in [5.41, 5.74) is 2.93. The Morgan fingerprint density at radius 1 is 1.24 bits per heavy atom. The highest BCUT2D eigenvalue weighted by Crippen LogP contribution is 2.20. The van der Waals surface area contributed by atoms with Crippen molar-refractivity contribution in [2.24, 2.45) is 0 Å². The summed E-state index contributed by atoms with van der Waals surface area (Å²) >= 11 is 0. The average Bonchev–Trinajstić information content (AvgIpc) is 3.12. The first kappa shape index (κ1) is 17.0. The normalized spacial score (nSPS) is 14.0. The minimum absolute atomic E-state index is 0.000498. The predicted molar refractivity (Wildman–Crippen MR) is 93.5 cm³/mol. The first-order valence-electron chi connectivity index (χ1n) is 8.45. The van der Waals surface area contributed by atoms with Crippen molar-refractivity contribution < 1.29 is 14.7 Å². The molecule has 0 bridgehead atoms. The molecule has 1 aliphatic rings. The maximum absolute atomic E-state index is 12.1. The molecule has 2 N–H and O–H groups in total. The largest absolute Gasteiger partial charge is 0.476 e.